The van der Waals surface area contributed by atoms with Crippen LogP contribution in [0.3, 0.4) is 0 Å². The molecule has 138 valence electrons. The molecule has 4 aromatic rings. The van der Waals surface area contributed by atoms with E-state index < -0.39 is 0 Å². The van der Waals surface area contributed by atoms with Gasteiger partial charge < -0.3 is 9.72 Å². The van der Waals surface area contributed by atoms with Crippen molar-refractivity contribution in [3.8, 4) is 11.8 Å². The summed E-state index contributed by atoms with van der Waals surface area (Å²) in [5, 5.41) is 9.55. The minimum absolute atomic E-state index is 0.204. The van der Waals surface area contributed by atoms with E-state index in [1.54, 1.807) is 48.8 Å². The zero-order valence-corrected chi connectivity index (χ0v) is 15.7. The number of imidazole rings is 1. The average Bonchev–Trinajstić information content (AvgIpc) is 3.40. The van der Waals surface area contributed by atoms with Crippen LogP contribution in [0.15, 0.2) is 55.0 Å². The number of aromatic nitrogens is 3. The molecule has 0 spiro atoms. The Balaban J connectivity index is 1.74. The Labute approximate surface area is 164 Å². The second-order valence-corrected chi connectivity index (χ2v) is 7.00. The smallest absolute Gasteiger partial charge is 0.260 e. The highest BCUT2D eigenvalue weighted by molar-refractivity contribution is 7.22. The lowest BCUT2D eigenvalue weighted by Crippen LogP contribution is -2.30. The standard InChI is InChI=1S/C20H15N5O2S/c1-27-16-6-7-17-18(8-16)28-20(24-17)25(11-15-10-22-12-23-15)19(26)14-4-2-13(9-21)3-5-14/h2-8,10,12H,11H2,1H3,(H,22,23). The molecule has 0 aliphatic rings. The lowest BCUT2D eigenvalue weighted by molar-refractivity contribution is 0.0985. The van der Waals surface area contributed by atoms with Crippen LogP contribution in [0.25, 0.3) is 10.2 Å². The van der Waals surface area contributed by atoms with Crippen molar-refractivity contribution < 1.29 is 9.53 Å². The topological polar surface area (TPSA) is 94.9 Å². The monoisotopic (exact) mass is 389 g/mol. The first kappa shape index (κ1) is 17.7. The van der Waals surface area contributed by atoms with Gasteiger partial charge in [0, 0.05) is 11.8 Å². The predicted molar refractivity (Wildman–Crippen MR) is 106 cm³/mol. The number of anilines is 1. The number of rotatable bonds is 5. The van der Waals surface area contributed by atoms with E-state index in [1.807, 2.05) is 18.2 Å². The number of ether oxygens (including phenoxy) is 1. The molecule has 0 aliphatic carbocycles. The molecule has 0 fully saturated rings. The quantitative estimate of drug-likeness (QED) is 0.561. The van der Waals surface area contributed by atoms with Gasteiger partial charge in [-0.1, -0.05) is 11.3 Å². The van der Waals surface area contributed by atoms with Crippen LogP contribution in [0.1, 0.15) is 21.6 Å². The lowest BCUT2D eigenvalue weighted by atomic mass is 10.1. The number of nitriles is 1. The highest BCUT2D eigenvalue weighted by Crippen LogP contribution is 2.32. The van der Waals surface area contributed by atoms with Gasteiger partial charge in [0.15, 0.2) is 5.13 Å². The Hall–Kier alpha value is -3.70. The third-order valence-corrected chi connectivity index (χ3v) is 5.25. The van der Waals surface area contributed by atoms with E-state index in [4.69, 9.17) is 10.00 Å². The average molecular weight is 389 g/mol. The van der Waals surface area contributed by atoms with Crippen molar-refractivity contribution in [1.82, 2.24) is 15.0 Å². The highest BCUT2D eigenvalue weighted by Gasteiger charge is 2.22. The summed E-state index contributed by atoms with van der Waals surface area (Å²) in [6, 6.07) is 14.2. The lowest BCUT2D eigenvalue weighted by Gasteiger charge is -2.19. The number of carbonyl (C=O) groups excluding carboxylic acids is 1. The van der Waals surface area contributed by atoms with Crippen LogP contribution in [0.2, 0.25) is 0 Å². The Morgan fingerprint density at radius 3 is 2.79 bits per heavy atom. The van der Waals surface area contributed by atoms with Crippen LogP contribution < -0.4 is 9.64 Å². The molecule has 1 amide bonds. The number of benzene rings is 2. The van der Waals surface area contributed by atoms with Gasteiger partial charge in [-0.25, -0.2) is 9.97 Å². The molecule has 0 unspecified atom stereocenters. The minimum atomic E-state index is -0.204. The largest absolute Gasteiger partial charge is 0.497 e. The molecule has 0 saturated heterocycles. The fraction of sp³-hybridized carbons (Fsp3) is 0.100. The van der Waals surface area contributed by atoms with Crippen LogP contribution in [0, 0.1) is 11.3 Å². The van der Waals surface area contributed by atoms with Gasteiger partial charge >= 0.3 is 0 Å². The molecular weight excluding hydrogens is 374 g/mol. The molecule has 0 atom stereocenters. The number of methoxy groups -OCH3 is 1. The first-order chi connectivity index (χ1) is 13.7. The fourth-order valence-corrected chi connectivity index (χ4v) is 3.74. The predicted octanol–water partition coefficient (Wildman–Crippen LogP) is 3.75. The summed E-state index contributed by atoms with van der Waals surface area (Å²) in [5.74, 6) is 0.534. The molecule has 0 aliphatic heterocycles. The third-order valence-electron chi connectivity index (χ3n) is 4.20. The molecule has 7 nitrogen and oxygen atoms in total. The fourth-order valence-electron chi connectivity index (χ4n) is 2.75. The molecule has 4 rings (SSSR count). The second kappa shape index (κ2) is 7.50. The maximum Gasteiger partial charge on any atom is 0.260 e. The van der Waals surface area contributed by atoms with E-state index in [2.05, 4.69) is 21.0 Å². The van der Waals surface area contributed by atoms with E-state index in [9.17, 15) is 4.79 Å². The maximum atomic E-state index is 13.2. The van der Waals surface area contributed by atoms with Crippen LogP contribution in [0.5, 0.6) is 5.75 Å². The number of nitrogens with one attached hydrogen (secondary N) is 1. The summed E-state index contributed by atoms with van der Waals surface area (Å²) < 4.78 is 6.20. The zero-order chi connectivity index (χ0) is 19.5. The summed E-state index contributed by atoms with van der Waals surface area (Å²) in [4.78, 5) is 26.5. The van der Waals surface area contributed by atoms with E-state index >= 15 is 0 Å². The summed E-state index contributed by atoms with van der Waals surface area (Å²) in [6.45, 7) is 0.301. The van der Waals surface area contributed by atoms with Gasteiger partial charge in [-0.05, 0) is 42.5 Å². The van der Waals surface area contributed by atoms with Crippen molar-refractivity contribution in [3.63, 3.8) is 0 Å². The Morgan fingerprint density at radius 2 is 2.11 bits per heavy atom. The molecule has 2 aromatic carbocycles. The number of thiazole rings is 1. The summed E-state index contributed by atoms with van der Waals surface area (Å²) in [7, 11) is 1.61. The minimum Gasteiger partial charge on any atom is -0.497 e. The molecular formula is C20H15N5O2S. The summed E-state index contributed by atoms with van der Waals surface area (Å²) >= 11 is 1.41. The number of aromatic amines is 1. The number of hydrogen-bond donors (Lipinski definition) is 1. The van der Waals surface area contributed by atoms with E-state index in [0.717, 1.165) is 21.7 Å². The van der Waals surface area contributed by atoms with Crippen LogP contribution >= 0.6 is 11.3 Å². The van der Waals surface area contributed by atoms with Crippen molar-refractivity contribution in [2.45, 2.75) is 6.54 Å². The number of hydrogen-bond acceptors (Lipinski definition) is 6. The zero-order valence-electron chi connectivity index (χ0n) is 14.9. The van der Waals surface area contributed by atoms with E-state index in [1.165, 1.54) is 11.3 Å². The van der Waals surface area contributed by atoms with Gasteiger partial charge in [0.2, 0.25) is 0 Å². The van der Waals surface area contributed by atoms with Crippen molar-refractivity contribution in [2.75, 3.05) is 12.0 Å². The van der Waals surface area contributed by atoms with Gasteiger partial charge in [-0.15, -0.1) is 0 Å². The van der Waals surface area contributed by atoms with Crippen molar-refractivity contribution in [2.24, 2.45) is 0 Å². The van der Waals surface area contributed by atoms with E-state index in [0.29, 0.717) is 22.8 Å². The van der Waals surface area contributed by atoms with E-state index in [-0.39, 0.29) is 5.91 Å². The molecule has 0 saturated carbocycles. The third kappa shape index (κ3) is 3.43. The number of amides is 1. The Bertz CT molecular complexity index is 1160. The van der Waals surface area contributed by atoms with Crippen LogP contribution in [-0.2, 0) is 6.54 Å². The molecule has 2 heterocycles. The van der Waals surface area contributed by atoms with Gasteiger partial charge in [0.05, 0.1) is 47.5 Å². The molecule has 2 aromatic heterocycles. The molecule has 0 bridgehead atoms. The first-order valence-electron chi connectivity index (χ1n) is 8.42. The van der Waals surface area contributed by atoms with Crippen molar-refractivity contribution in [3.05, 3.63) is 71.8 Å². The van der Waals surface area contributed by atoms with Gasteiger partial charge in [0.1, 0.15) is 5.75 Å². The first-order valence-corrected chi connectivity index (χ1v) is 9.23. The normalized spacial score (nSPS) is 10.6. The second-order valence-electron chi connectivity index (χ2n) is 5.99. The molecule has 28 heavy (non-hydrogen) atoms. The Kier molecular flexibility index (Phi) is 4.74. The molecule has 1 N–H and O–H groups in total. The van der Waals surface area contributed by atoms with Gasteiger partial charge in [0.25, 0.3) is 5.91 Å². The van der Waals surface area contributed by atoms with Crippen molar-refractivity contribution >= 4 is 32.6 Å². The SMILES string of the molecule is COc1ccc2nc(N(Cc3cnc[nH]3)C(=O)c3ccc(C#N)cc3)sc2c1. The highest BCUT2D eigenvalue weighted by atomic mass is 32.1. The number of fused-ring (bicyclic) bond motifs is 1. The maximum absolute atomic E-state index is 13.2. The Morgan fingerprint density at radius 1 is 1.29 bits per heavy atom. The van der Waals surface area contributed by atoms with Gasteiger partial charge in [-0.3, -0.25) is 9.69 Å². The molecule has 8 heteroatoms. The molecule has 0 radical (unpaired) electrons. The summed E-state index contributed by atoms with van der Waals surface area (Å²) in [6.07, 6.45) is 3.25. The number of nitrogens with zero attached hydrogens (tertiary/aromatic N) is 4. The summed E-state index contributed by atoms with van der Waals surface area (Å²) in [5.41, 5.74) is 2.57. The van der Waals surface area contributed by atoms with Crippen LogP contribution in [-0.4, -0.2) is 28.0 Å². The van der Waals surface area contributed by atoms with Crippen molar-refractivity contribution in [1.29, 1.82) is 5.26 Å². The number of carbonyl (C=O) groups is 1. The van der Waals surface area contributed by atoms with Gasteiger partial charge in [-0.2, -0.15) is 5.26 Å². The number of H-pyrrole nitrogens is 1. The van der Waals surface area contributed by atoms with Crippen LogP contribution in [0.4, 0.5) is 5.13 Å².